The molecular weight excluding hydrogens is 302 g/mol. The number of nitrogens with one attached hydrogen (secondary N) is 3. The minimum atomic E-state index is -0.0422. The quantitative estimate of drug-likeness (QED) is 0.662. The van der Waals surface area contributed by atoms with Crippen molar-refractivity contribution in [3.63, 3.8) is 0 Å². The van der Waals surface area contributed by atoms with Gasteiger partial charge < -0.3 is 15.5 Å². The number of carbonyl (C=O) groups is 2. The standard InChI is InChI=1S/C19H31N3O2/c1-7-22(11-18(23)20-13(2)3)12-19(24)21-16(6)17-9-8-14(4)15(5)10-17/h8-10,13,16H,7,11-12H2,1-6H3,(H,20,23)(H,21,24)/p+1/t16-/m0/s1. The predicted octanol–water partition coefficient (Wildman–Crippen LogP) is 0.910. The van der Waals surface area contributed by atoms with Crippen LogP contribution in [0.25, 0.3) is 0 Å². The lowest BCUT2D eigenvalue weighted by atomic mass is 10.0. The van der Waals surface area contributed by atoms with E-state index in [1.54, 1.807) is 0 Å². The second kappa shape index (κ2) is 9.42. The van der Waals surface area contributed by atoms with E-state index in [0.29, 0.717) is 13.1 Å². The minimum Gasteiger partial charge on any atom is -0.349 e. The second-order valence-electron chi connectivity index (χ2n) is 6.81. The van der Waals surface area contributed by atoms with Crippen molar-refractivity contribution in [3.8, 4) is 0 Å². The van der Waals surface area contributed by atoms with E-state index in [2.05, 4.69) is 36.6 Å². The summed E-state index contributed by atoms with van der Waals surface area (Å²) in [6.45, 7) is 13.3. The molecule has 2 atom stereocenters. The highest BCUT2D eigenvalue weighted by Crippen LogP contribution is 2.16. The third-order valence-corrected chi connectivity index (χ3v) is 4.18. The Morgan fingerprint density at radius 3 is 2.08 bits per heavy atom. The van der Waals surface area contributed by atoms with Crippen molar-refractivity contribution < 1.29 is 14.5 Å². The van der Waals surface area contributed by atoms with Crippen LogP contribution < -0.4 is 15.5 Å². The highest BCUT2D eigenvalue weighted by Gasteiger charge is 2.18. The molecule has 0 aliphatic rings. The fourth-order valence-electron chi connectivity index (χ4n) is 2.55. The smallest absolute Gasteiger partial charge is 0.275 e. The maximum Gasteiger partial charge on any atom is 0.275 e. The van der Waals surface area contributed by atoms with Crippen LogP contribution in [-0.2, 0) is 9.59 Å². The molecule has 5 nitrogen and oxygen atoms in total. The normalized spacial score (nSPS) is 13.5. The Labute approximate surface area is 145 Å². The van der Waals surface area contributed by atoms with Crippen molar-refractivity contribution in [2.45, 2.75) is 53.6 Å². The van der Waals surface area contributed by atoms with Crippen molar-refractivity contribution in [2.75, 3.05) is 19.6 Å². The van der Waals surface area contributed by atoms with Gasteiger partial charge in [0.1, 0.15) is 0 Å². The summed E-state index contributed by atoms with van der Waals surface area (Å²) < 4.78 is 0. The van der Waals surface area contributed by atoms with Gasteiger partial charge in [-0.25, -0.2) is 0 Å². The summed E-state index contributed by atoms with van der Waals surface area (Å²) in [7, 11) is 0. The molecule has 0 saturated carbocycles. The monoisotopic (exact) mass is 334 g/mol. The van der Waals surface area contributed by atoms with E-state index >= 15 is 0 Å². The third-order valence-electron chi connectivity index (χ3n) is 4.18. The van der Waals surface area contributed by atoms with Gasteiger partial charge in [0.2, 0.25) is 0 Å². The van der Waals surface area contributed by atoms with Gasteiger partial charge >= 0.3 is 0 Å². The Morgan fingerprint density at radius 1 is 1.00 bits per heavy atom. The lowest BCUT2D eigenvalue weighted by Gasteiger charge is -2.20. The minimum absolute atomic E-state index is 0.0168. The van der Waals surface area contributed by atoms with E-state index in [0.717, 1.165) is 17.0 Å². The number of hydrogen-bond donors (Lipinski definition) is 3. The molecule has 3 N–H and O–H groups in total. The van der Waals surface area contributed by atoms with E-state index in [4.69, 9.17) is 0 Å². The molecule has 0 aliphatic carbocycles. The number of aryl methyl sites for hydroxylation is 2. The molecule has 2 amide bonds. The van der Waals surface area contributed by atoms with Crippen molar-refractivity contribution in [3.05, 3.63) is 34.9 Å². The second-order valence-corrected chi connectivity index (χ2v) is 6.81. The Morgan fingerprint density at radius 2 is 1.58 bits per heavy atom. The Kier molecular flexibility index (Phi) is 7.92. The average molecular weight is 334 g/mol. The zero-order valence-electron chi connectivity index (χ0n) is 15.8. The lowest BCUT2D eigenvalue weighted by molar-refractivity contribution is -0.881. The molecule has 1 rings (SSSR count). The Bertz CT molecular complexity index is 570. The molecule has 0 fully saturated rings. The van der Waals surface area contributed by atoms with Gasteiger partial charge in [0.05, 0.1) is 12.6 Å². The first-order chi connectivity index (χ1) is 11.2. The van der Waals surface area contributed by atoms with Crippen molar-refractivity contribution in [1.29, 1.82) is 0 Å². The van der Waals surface area contributed by atoms with Gasteiger partial charge in [-0.05, 0) is 58.2 Å². The fraction of sp³-hybridized carbons (Fsp3) is 0.579. The number of carbonyl (C=O) groups excluding carboxylic acids is 2. The van der Waals surface area contributed by atoms with Crippen LogP contribution in [0.5, 0.6) is 0 Å². The number of likely N-dealkylation sites (N-methyl/N-ethyl adjacent to an activating group) is 1. The first kappa shape index (κ1) is 20.2. The molecule has 1 aromatic carbocycles. The molecule has 0 aromatic heterocycles. The number of benzene rings is 1. The fourth-order valence-corrected chi connectivity index (χ4v) is 2.55. The van der Waals surface area contributed by atoms with Crippen molar-refractivity contribution in [1.82, 2.24) is 10.6 Å². The van der Waals surface area contributed by atoms with E-state index in [-0.39, 0.29) is 23.9 Å². The molecule has 0 heterocycles. The summed E-state index contributed by atoms with van der Waals surface area (Å²) in [4.78, 5) is 25.1. The molecule has 1 aromatic rings. The van der Waals surface area contributed by atoms with Crippen LogP contribution in [-0.4, -0.2) is 37.5 Å². The zero-order chi connectivity index (χ0) is 18.3. The van der Waals surface area contributed by atoms with Gasteiger partial charge in [-0.1, -0.05) is 18.2 Å². The molecule has 24 heavy (non-hydrogen) atoms. The van der Waals surface area contributed by atoms with Crippen molar-refractivity contribution in [2.24, 2.45) is 0 Å². The van der Waals surface area contributed by atoms with Crippen LogP contribution in [0.3, 0.4) is 0 Å². The third kappa shape index (κ3) is 6.71. The zero-order valence-corrected chi connectivity index (χ0v) is 15.8. The van der Waals surface area contributed by atoms with Gasteiger partial charge in [0.25, 0.3) is 11.8 Å². The van der Waals surface area contributed by atoms with E-state index in [1.165, 1.54) is 11.1 Å². The van der Waals surface area contributed by atoms with Gasteiger partial charge in [-0.2, -0.15) is 0 Å². The Hall–Kier alpha value is -1.88. The van der Waals surface area contributed by atoms with Crippen LogP contribution in [0, 0.1) is 13.8 Å². The molecule has 1 unspecified atom stereocenters. The van der Waals surface area contributed by atoms with Gasteiger partial charge in [0, 0.05) is 6.04 Å². The van der Waals surface area contributed by atoms with E-state index < -0.39 is 0 Å². The average Bonchev–Trinajstić information content (AvgIpc) is 2.48. The molecule has 0 bridgehead atoms. The molecule has 0 aliphatic heterocycles. The van der Waals surface area contributed by atoms with E-state index in [9.17, 15) is 9.59 Å². The van der Waals surface area contributed by atoms with Crippen LogP contribution >= 0.6 is 0 Å². The summed E-state index contributed by atoms with van der Waals surface area (Å²) in [5.41, 5.74) is 3.57. The van der Waals surface area contributed by atoms with E-state index in [1.807, 2.05) is 33.8 Å². The number of rotatable bonds is 8. The summed E-state index contributed by atoms with van der Waals surface area (Å²) in [6, 6.07) is 6.32. The Balaban J connectivity index is 2.56. The number of quaternary nitrogens is 1. The molecular formula is C19H32N3O2+. The summed E-state index contributed by atoms with van der Waals surface area (Å²) >= 11 is 0. The molecule has 0 spiro atoms. The topological polar surface area (TPSA) is 62.6 Å². The van der Waals surface area contributed by atoms with Gasteiger partial charge in [-0.15, -0.1) is 0 Å². The van der Waals surface area contributed by atoms with Gasteiger partial charge in [0.15, 0.2) is 13.1 Å². The molecule has 0 radical (unpaired) electrons. The number of hydrogen-bond acceptors (Lipinski definition) is 2. The summed E-state index contributed by atoms with van der Waals surface area (Å²) in [5.74, 6) is -0.0493. The van der Waals surface area contributed by atoms with Crippen molar-refractivity contribution >= 4 is 11.8 Å². The number of amides is 2. The van der Waals surface area contributed by atoms with Crippen LogP contribution in [0.4, 0.5) is 0 Å². The van der Waals surface area contributed by atoms with Crippen LogP contribution in [0.15, 0.2) is 18.2 Å². The summed E-state index contributed by atoms with van der Waals surface area (Å²) in [6.07, 6.45) is 0. The molecule has 0 saturated heterocycles. The first-order valence-electron chi connectivity index (χ1n) is 8.72. The summed E-state index contributed by atoms with van der Waals surface area (Å²) in [5, 5.41) is 5.90. The predicted molar refractivity (Wildman–Crippen MR) is 97.0 cm³/mol. The lowest BCUT2D eigenvalue weighted by Crippen LogP contribution is -3.14. The molecule has 5 heteroatoms. The highest BCUT2D eigenvalue weighted by atomic mass is 16.2. The maximum absolute atomic E-state index is 12.3. The molecule has 134 valence electrons. The van der Waals surface area contributed by atoms with Gasteiger partial charge in [-0.3, -0.25) is 9.59 Å². The van der Waals surface area contributed by atoms with Crippen LogP contribution in [0.1, 0.15) is 50.4 Å². The highest BCUT2D eigenvalue weighted by molar-refractivity contribution is 5.79. The maximum atomic E-state index is 12.3. The largest absolute Gasteiger partial charge is 0.349 e. The SMILES string of the molecule is CC[NH+](CC(=O)NC(C)C)CC(=O)N[C@@H](C)c1ccc(C)c(C)c1. The van der Waals surface area contributed by atoms with Crippen LogP contribution in [0.2, 0.25) is 0 Å². The first-order valence-corrected chi connectivity index (χ1v) is 8.72.